The lowest BCUT2D eigenvalue weighted by Gasteiger charge is -2.09. The van der Waals surface area contributed by atoms with Crippen molar-refractivity contribution in [3.05, 3.63) is 41.1 Å². The monoisotopic (exact) mass is 342 g/mol. The fraction of sp³-hybridized carbons (Fsp3) is 0.375. The Morgan fingerprint density at radius 2 is 2.12 bits per heavy atom. The van der Waals surface area contributed by atoms with Crippen molar-refractivity contribution in [3.63, 3.8) is 0 Å². The Bertz CT molecular complexity index is 711. The zero-order valence-corrected chi connectivity index (χ0v) is 13.2. The van der Waals surface area contributed by atoms with E-state index >= 15 is 0 Å². The molecule has 0 radical (unpaired) electrons. The summed E-state index contributed by atoms with van der Waals surface area (Å²) in [5.74, 6) is -0.464. The molecule has 0 unspecified atom stereocenters. The van der Waals surface area contributed by atoms with Crippen LogP contribution in [0.15, 0.2) is 28.8 Å². The third-order valence-electron chi connectivity index (χ3n) is 3.28. The van der Waals surface area contributed by atoms with E-state index in [-0.39, 0.29) is 23.4 Å². The van der Waals surface area contributed by atoms with Crippen molar-refractivity contribution < 1.29 is 27.2 Å². The summed E-state index contributed by atoms with van der Waals surface area (Å²) >= 11 is 0. The van der Waals surface area contributed by atoms with Crippen molar-refractivity contribution >= 4 is 5.91 Å². The van der Waals surface area contributed by atoms with Gasteiger partial charge >= 0.3 is 6.18 Å². The van der Waals surface area contributed by atoms with Gasteiger partial charge in [-0.2, -0.15) is 13.2 Å². The number of alkyl halides is 3. The van der Waals surface area contributed by atoms with Gasteiger partial charge in [-0.25, -0.2) is 0 Å². The Balaban J connectivity index is 2.28. The van der Waals surface area contributed by atoms with Crippen LogP contribution < -0.4 is 5.32 Å². The molecule has 5 nitrogen and oxygen atoms in total. The minimum Gasteiger partial charge on any atom is -0.380 e. The first-order valence-electron chi connectivity index (χ1n) is 7.34. The second kappa shape index (κ2) is 7.48. The van der Waals surface area contributed by atoms with Crippen LogP contribution in [0.2, 0.25) is 0 Å². The van der Waals surface area contributed by atoms with Crippen molar-refractivity contribution in [2.24, 2.45) is 0 Å². The number of carbonyl (C=O) groups is 1. The molecular weight excluding hydrogens is 325 g/mol. The predicted molar refractivity (Wildman–Crippen MR) is 80.5 cm³/mol. The van der Waals surface area contributed by atoms with E-state index in [1.807, 2.05) is 6.92 Å². The summed E-state index contributed by atoms with van der Waals surface area (Å²) in [6, 6.07) is 4.57. The number of carbonyl (C=O) groups excluding carboxylic acids is 1. The molecule has 130 valence electrons. The van der Waals surface area contributed by atoms with E-state index in [0.717, 1.165) is 12.1 Å². The molecule has 2 aromatic rings. The zero-order chi connectivity index (χ0) is 17.7. The Morgan fingerprint density at radius 1 is 1.38 bits per heavy atom. The van der Waals surface area contributed by atoms with Crippen LogP contribution in [-0.2, 0) is 10.9 Å². The van der Waals surface area contributed by atoms with E-state index in [1.165, 1.54) is 12.1 Å². The minimum absolute atomic E-state index is 0.00695. The Morgan fingerprint density at radius 3 is 2.79 bits per heavy atom. The first-order valence-corrected chi connectivity index (χ1v) is 7.34. The molecule has 0 atom stereocenters. The molecule has 8 heteroatoms. The molecule has 1 N–H and O–H groups in total. The lowest BCUT2D eigenvalue weighted by atomic mass is 10.0. The van der Waals surface area contributed by atoms with Crippen LogP contribution in [0.1, 0.15) is 28.5 Å². The largest absolute Gasteiger partial charge is 0.416 e. The molecule has 0 saturated carbocycles. The number of benzene rings is 1. The molecule has 1 amide bonds. The van der Waals surface area contributed by atoms with Gasteiger partial charge in [-0.05, 0) is 26.0 Å². The van der Waals surface area contributed by atoms with Crippen LogP contribution in [0.4, 0.5) is 13.2 Å². The lowest BCUT2D eigenvalue weighted by molar-refractivity contribution is -0.137. The number of amides is 1. The standard InChI is InChI=1S/C16H17F3N2O3/c1-3-23-8-7-20-15(22)13-10(2)21-24-14(13)11-5-4-6-12(9-11)16(17,18)19/h4-6,9H,3,7-8H2,1-2H3,(H,20,22). The molecule has 0 saturated heterocycles. The smallest absolute Gasteiger partial charge is 0.380 e. The van der Waals surface area contributed by atoms with Crippen molar-refractivity contribution in [2.45, 2.75) is 20.0 Å². The summed E-state index contributed by atoms with van der Waals surface area (Å²) in [4.78, 5) is 12.3. The molecule has 1 aromatic carbocycles. The van der Waals surface area contributed by atoms with E-state index in [1.54, 1.807) is 6.92 Å². The van der Waals surface area contributed by atoms with Gasteiger partial charge in [0.15, 0.2) is 5.76 Å². The van der Waals surface area contributed by atoms with E-state index in [2.05, 4.69) is 10.5 Å². The lowest BCUT2D eigenvalue weighted by Crippen LogP contribution is -2.28. The maximum atomic E-state index is 12.8. The average Bonchev–Trinajstić information content (AvgIpc) is 2.92. The van der Waals surface area contributed by atoms with Crippen molar-refractivity contribution in [2.75, 3.05) is 19.8 Å². The summed E-state index contributed by atoms with van der Waals surface area (Å²) in [5, 5.41) is 6.33. The molecule has 0 aliphatic rings. The molecule has 0 aliphatic carbocycles. The van der Waals surface area contributed by atoms with Gasteiger partial charge in [-0.3, -0.25) is 4.79 Å². The number of aryl methyl sites for hydroxylation is 1. The molecule has 0 fully saturated rings. The quantitative estimate of drug-likeness (QED) is 0.817. The maximum absolute atomic E-state index is 12.8. The van der Waals surface area contributed by atoms with Crippen LogP contribution in [0.3, 0.4) is 0 Å². The summed E-state index contributed by atoms with van der Waals surface area (Å²) in [6.07, 6.45) is -4.48. The number of halogens is 3. The van der Waals surface area contributed by atoms with E-state index in [0.29, 0.717) is 18.9 Å². The van der Waals surface area contributed by atoms with Crippen molar-refractivity contribution in [1.82, 2.24) is 10.5 Å². The van der Waals surface area contributed by atoms with Gasteiger partial charge < -0.3 is 14.6 Å². The molecular formula is C16H17F3N2O3. The summed E-state index contributed by atoms with van der Waals surface area (Å²) in [6.45, 7) is 4.53. The highest BCUT2D eigenvalue weighted by atomic mass is 19.4. The van der Waals surface area contributed by atoms with Crippen LogP contribution in [-0.4, -0.2) is 30.8 Å². The van der Waals surface area contributed by atoms with Gasteiger partial charge in [-0.1, -0.05) is 17.3 Å². The van der Waals surface area contributed by atoms with Crippen LogP contribution in [0, 0.1) is 6.92 Å². The topological polar surface area (TPSA) is 64.4 Å². The van der Waals surface area contributed by atoms with Crippen LogP contribution in [0.25, 0.3) is 11.3 Å². The molecule has 0 bridgehead atoms. The van der Waals surface area contributed by atoms with Crippen LogP contribution >= 0.6 is 0 Å². The molecule has 2 rings (SSSR count). The first-order chi connectivity index (χ1) is 11.3. The van der Waals surface area contributed by atoms with Gasteiger partial charge in [0.2, 0.25) is 0 Å². The Hall–Kier alpha value is -2.35. The summed E-state index contributed by atoms with van der Waals surface area (Å²) in [7, 11) is 0. The number of nitrogens with one attached hydrogen (secondary N) is 1. The molecule has 0 aliphatic heterocycles. The van der Waals surface area contributed by atoms with Gasteiger partial charge in [0.1, 0.15) is 5.56 Å². The van der Waals surface area contributed by atoms with Crippen LogP contribution in [0.5, 0.6) is 0 Å². The highest BCUT2D eigenvalue weighted by Crippen LogP contribution is 2.33. The predicted octanol–water partition coefficient (Wildman–Crippen LogP) is 3.44. The van der Waals surface area contributed by atoms with Gasteiger partial charge in [-0.15, -0.1) is 0 Å². The highest BCUT2D eigenvalue weighted by molar-refractivity contribution is 6.00. The maximum Gasteiger partial charge on any atom is 0.416 e. The Kier molecular flexibility index (Phi) is 5.61. The fourth-order valence-electron chi connectivity index (χ4n) is 2.14. The van der Waals surface area contributed by atoms with Gasteiger partial charge in [0, 0.05) is 18.7 Å². The van der Waals surface area contributed by atoms with Crippen molar-refractivity contribution in [1.29, 1.82) is 0 Å². The number of ether oxygens (including phenoxy) is 1. The molecule has 1 aromatic heterocycles. The van der Waals surface area contributed by atoms with Gasteiger partial charge in [0.25, 0.3) is 5.91 Å². The van der Waals surface area contributed by atoms with Gasteiger partial charge in [0.05, 0.1) is 17.9 Å². The first kappa shape index (κ1) is 18.0. The zero-order valence-electron chi connectivity index (χ0n) is 13.2. The fourth-order valence-corrected chi connectivity index (χ4v) is 2.14. The SMILES string of the molecule is CCOCCNC(=O)c1c(C)noc1-c1cccc(C(F)(F)F)c1. The highest BCUT2D eigenvalue weighted by Gasteiger charge is 2.31. The van der Waals surface area contributed by atoms with Crippen molar-refractivity contribution in [3.8, 4) is 11.3 Å². The van der Waals surface area contributed by atoms with E-state index in [4.69, 9.17) is 9.26 Å². The number of nitrogens with zero attached hydrogens (tertiary/aromatic N) is 1. The number of hydrogen-bond acceptors (Lipinski definition) is 4. The third kappa shape index (κ3) is 4.14. The Labute approximate surface area is 136 Å². The molecule has 0 spiro atoms. The second-order valence-corrected chi connectivity index (χ2v) is 5.00. The number of aromatic nitrogens is 1. The summed E-state index contributed by atoms with van der Waals surface area (Å²) in [5.41, 5.74) is -0.265. The summed E-state index contributed by atoms with van der Waals surface area (Å²) < 4.78 is 48.8. The van der Waals surface area contributed by atoms with E-state index < -0.39 is 17.6 Å². The number of rotatable bonds is 6. The number of hydrogen-bond donors (Lipinski definition) is 1. The normalized spacial score (nSPS) is 11.5. The second-order valence-electron chi connectivity index (χ2n) is 5.00. The molecule has 24 heavy (non-hydrogen) atoms. The molecule has 1 heterocycles. The minimum atomic E-state index is -4.48. The van der Waals surface area contributed by atoms with E-state index in [9.17, 15) is 18.0 Å². The third-order valence-corrected chi connectivity index (χ3v) is 3.28. The average molecular weight is 342 g/mol.